The van der Waals surface area contributed by atoms with Crippen molar-refractivity contribution >= 4 is 28.5 Å². The number of benzene rings is 1. The van der Waals surface area contributed by atoms with Crippen LogP contribution in [-0.4, -0.2) is 30.8 Å². The highest BCUT2D eigenvalue weighted by atomic mass is 32.1. The molecule has 0 spiro atoms. The summed E-state index contributed by atoms with van der Waals surface area (Å²) in [6, 6.07) is 6.51. The quantitative estimate of drug-likeness (QED) is 0.682. The molecule has 6 nitrogen and oxygen atoms in total. The highest BCUT2D eigenvalue weighted by Gasteiger charge is 2.08. The number of fused-ring (bicyclic) bond motifs is 1. The molecule has 0 aliphatic heterocycles. The first-order valence-electron chi connectivity index (χ1n) is 7.33. The predicted octanol–water partition coefficient (Wildman–Crippen LogP) is 3.23. The van der Waals surface area contributed by atoms with Crippen molar-refractivity contribution in [2.24, 2.45) is 0 Å². The van der Waals surface area contributed by atoms with Crippen molar-refractivity contribution in [1.82, 2.24) is 9.97 Å². The van der Waals surface area contributed by atoms with Crippen molar-refractivity contribution in [2.45, 2.75) is 19.6 Å². The summed E-state index contributed by atoms with van der Waals surface area (Å²) >= 11 is 1.58. The van der Waals surface area contributed by atoms with Gasteiger partial charge >= 0.3 is 0 Å². The first-order valence-corrected chi connectivity index (χ1v) is 8.21. The number of nitrogens with zero attached hydrogens (tertiary/aromatic N) is 2. The van der Waals surface area contributed by atoms with Crippen LogP contribution in [0.3, 0.4) is 0 Å². The Morgan fingerprint density at radius 1 is 1.22 bits per heavy atom. The molecule has 1 N–H and O–H groups in total. The van der Waals surface area contributed by atoms with Gasteiger partial charge in [0.25, 0.3) is 6.01 Å². The van der Waals surface area contributed by atoms with E-state index < -0.39 is 0 Å². The number of ether oxygens (including phenoxy) is 2. The molecule has 3 rings (SSSR count). The minimum atomic E-state index is 0.505. The average molecular weight is 333 g/mol. The summed E-state index contributed by atoms with van der Waals surface area (Å²) in [6.45, 7) is 1.81. The van der Waals surface area contributed by atoms with E-state index in [0.717, 1.165) is 28.2 Å². The number of hydrogen-bond donors (Lipinski definition) is 1. The Kier molecular flexibility index (Phi) is 5.22. The molecule has 0 aliphatic carbocycles. The lowest BCUT2D eigenvalue weighted by Crippen LogP contribution is -2.00. The van der Waals surface area contributed by atoms with E-state index in [1.807, 2.05) is 23.6 Å². The fourth-order valence-electron chi connectivity index (χ4n) is 2.21. The van der Waals surface area contributed by atoms with Crippen LogP contribution in [0.2, 0.25) is 0 Å². The van der Waals surface area contributed by atoms with Gasteiger partial charge in [-0.1, -0.05) is 6.07 Å². The predicted molar refractivity (Wildman–Crippen MR) is 89.7 cm³/mol. The molecule has 0 aliphatic rings. The van der Waals surface area contributed by atoms with E-state index in [1.165, 1.54) is 5.56 Å². The number of rotatable bonds is 8. The zero-order valence-electron chi connectivity index (χ0n) is 13.2. The number of anilines is 1. The third kappa shape index (κ3) is 4.07. The molecule has 1 aromatic carbocycles. The van der Waals surface area contributed by atoms with Gasteiger partial charge in [-0.25, -0.2) is 4.98 Å². The Morgan fingerprint density at radius 2 is 2.13 bits per heavy atom. The molecular formula is C16H19N3O3S. The van der Waals surface area contributed by atoms with Crippen molar-refractivity contribution in [3.05, 3.63) is 39.8 Å². The summed E-state index contributed by atoms with van der Waals surface area (Å²) in [5.41, 5.74) is 3.75. The van der Waals surface area contributed by atoms with Crippen LogP contribution in [0.5, 0.6) is 0 Å². The maximum absolute atomic E-state index is 5.70. The summed E-state index contributed by atoms with van der Waals surface area (Å²) in [4.78, 5) is 8.94. The van der Waals surface area contributed by atoms with E-state index in [-0.39, 0.29) is 0 Å². The van der Waals surface area contributed by atoms with E-state index in [2.05, 4.69) is 15.3 Å². The molecule has 0 amide bonds. The van der Waals surface area contributed by atoms with Gasteiger partial charge in [-0.2, -0.15) is 4.98 Å². The highest BCUT2D eigenvalue weighted by Crippen LogP contribution is 2.21. The third-order valence-electron chi connectivity index (χ3n) is 3.33. The monoisotopic (exact) mass is 333 g/mol. The van der Waals surface area contributed by atoms with Crippen molar-refractivity contribution in [3.8, 4) is 0 Å². The molecule has 0 bridgehead atoms. The topological polar surface area (TPSA) is 69.4 Å². The van der Waals surface area contributed by atoms with Gasteiger partial charge < -0.3 is 19.2 Å². The summed E-state index contributed by atoms with van der Waals surface area (Å²) in [5.74, 6) is 0. The van der Waals surface area contributed by atoms with Crippen LogP contribution in [0, 0.1) is 0 Å². The van der Waals surface area contributed by atoms with Crippen LogP contribution in [0.4, 0.5) is 6.01 Å². The van der Waals surface area contributed by atoms with Gasteiger partial charge in [-0.3, -0.25) is 0 Å². The molecule has 2 aromatic heterocycles. The summed E-state index contributed by atoms with van der Waals surface area (Å²) in [7, 11) is 3.37. The second kappa shape index (κ2) is 7.54. The van der Waals surface area contributed by atoms with Gasteiger partial charge in [0.05, 0.1) is 25.5 Å². The molecule has 0 saturated heterocycles. The van der Waals surface area contributed by atoms with Gasteiger partial charge in [-0.15, -0.1) is 11.3 Å². The number of thiazole rings is 1. The zero-order chi connectivity index (χ0) is 16.1. The van der Waals surface area contributed by atoms with Crippen molar-refractivity contribution in [2.75, 3.05) is 26.1 Å². The van der Waals surface area contributed by atoms with Gasteiger partial charge in [-0.05, 0) is 24.1 Å². The molecule has 0 atom stereocenters. The average Bonchev–Trinajstić information content (AvgIpc) is 3.17. The first kappa shape index (κ1) is 15.9. The molecular weight excluding hydrogens is 314 g/mol. The summed E-state index contributed by atoms with van der Waals surface area (Å²) in [5, 5.41) is 6.14. The maximum atomic E-state index is 5.70. The molecule has 0 fully saturated rings. The Balaban J connectivity index is 1.65. The molecule has 2 heterocycles. The number of hydrogen-bond acceptors (Lipinski definition) is 7. The molecule has 122 valence electrons. The van der Waals surface area contributed by atoms with Crippen molar-refractivity contribution in [1.29, 1.82) is 0 Å². The normalized spacial score (nSPS) is 11.2. The SMILES string of the molecule is COCCc1ccc2oc(NCc3csc(COC)n3)nc2c1. The Labute approximate surface area is 138 Å². The van der Waals surface area contributed by atoms with Gasteiger partial charge in [0.15, 0.2) is 5.58 Å². The van der Waals surface area contributed by atoms with E-state index in [4.69, 9.17) is 13.9 Å². The second-order valence-corrected chi connectivity index (χ2v) is 6.03. The van der Waals surface area contributed by atoms with E-state index >= 15 is 0 Å². The van der Waals surface area contributed by atoms with E-state index in [9.17, 15) is 0 Å². The van der Waals surface area contributed by atoms with Crippen LogP contribution in [0.15, 0.2) is 28.0 Å². The van der Waals surface area contributed by atoms with Crippen molar-refractivity contribution < 1.29 is 13.9 Å². The standard InChI is InChI=1S/C16H19N3O3S/c1-20-6-5-11-3-4-14-13(7-11)19-16(22-14)17-8-12-10-23-15(18-12)9-21-2/h3-4,7,10H,5-6,8-9H2,1-2H3,(H,17,19). The van der Waals surface area contributed by atoms with Gasteiger partial charge in [0.2, 0.25) is 0 Å². The number of nitrogens with one attached hydrogen (secondary N) is 1. The number of methoxy groups -OCH3 is 2. The Bertz CT molecular complexity index is 769. The fraction of sp³-hybridized carbons (Fsp3) is 0.375. The lowest BCUT2D eigenvalue weighted by atomic mass is 10.1. The lowest BCUT2D eigenvalue weighted by molar-refractivity contribution is 0.184. The number of oxazole rings is 1. The van der Waals surface area contributed by atoms with Gasteiger partial charge in [0, 0.05) is 19.6 Å². The third-order valence-corrected chi connectivity index (χ3v) is 4.21. The summed E-state index contributed by atoms with van der Waals surface area (Å²) < 4.78 is 15.9. The minimum absolute atomic E-state index is 0.505. The van der Waals surface area contributed by atoms with Crippen LogP contribution < -0.4 is 5.32 Å². The number of aromatic nitrogens is 2. The van der Waals surface area contributed by atoms with Crippen LogP contribution >= 0.6 is 11.3 Å². The fourth-order valence-corrected chi connectivity index (χ4v) is 2.97. The highest BCUT2D eigenvalue weighted by molar-refractivity contribution is 7.09. The smallest absolute Gasteiger partial charge is 0.296 e. The maximum Gasteiger partial charge on any atom is 0.296 e. The van der Waals surface area contributed by atoms with Crippen LogP contribution in [0.1, 0.15) is 16.3 Å². The van der Waals surface area contributed by atoms with Crippen LogP contribution in [0.25, 0.3) is 11.1 Å². The zero-order valence-corrected chi connectivity index (χ0v) is 14.0. The second-order valence-electron chi connectivity index (χ2n) is 5.08. The molecule has 3 aromatic rings. The first-order chi connectivity index (χ1) is 11.3. The molecule has 23 heavy (non-hydrogen) atoms. The van der Waals surface area contributed by atoms with E-state index in [1.54, 1.807) is 25.6 Å². The largest absolute Gasteiger partial charge is 0.424 e. The van der Waals surface area contributed by atoms with Crippen LogP contribution in [-0.2, 0) is 29.0 Å². The molecule has 0 radical (unpaired) electrons. The summed E-state index contributed by atoms with van der Waals surface area (Å²) in [6.07, 6.45) is 0.864. The lowest BCUT2D eigenvalue weighted by Gasteiger charge is -1.98. The Morgan fingerprint density at radius 3 is 2.96 bits per heavy atom. The van der Waals surface area contributed by atoms with E-state index in [0.29, 0.717) is 25.8 Å². The Hall–Kier alpha value is -1.96. The molecule has 0 saturated carbocycles. The minimum Gasteiger partial charge on any atom is -0.424 e. The molecule has 0 unspecified atom stereocenters. The van der Waals surface area contributed by atoms with Crippen molar-refractivity contribution in [3.63, 3.8) is 0 Å². The molecule has 7 heteroatoms. The van der Waals surface area contributed by atoms with Gasteiger partial charge in [0.1, 0.15) is 10.5 Å².